The Labute approximate surface area is 141 Å². The molecular formula is C19H21FN2O2. The molecule has 126 valence electrons. The highest BCUT2D eigenvalue weighted by molar-refractivity contribution is 5.95. The van der Waals surface area contributed by atoms with Crippen molar-refractivity contribution in [3.8, 4) is 5.75 Å². The molecule has 1 amide bonds. The van der Waals surface area contributed by atoms with Crippen LogP contribution in [0.4, 0.5) is 4.39 Å². The Kier molecular flexibility index (Phi) is 5.11. The number of rotatable bonds is 5. The van der Waals surface area contributed by atoms with E-state index >= 15 is 0 Å². The van der Waals surface area contributed by atoms with Gasteiger partial charge in [0.1, 0.15) is 17.7 Å². The standard InChI is InChI=1S/C19H21FN2O2/c20-15-9-7-14(8-10-15)12-22-11-3-4-16(13-22)24-18-6-2-1-5-17(18)19(21)23/h1-2,5-10,16H,3-4,11-13H2,(H2,21,23). The number of para-hydroxylation sites is 1. The highest BCUT2D eigenvalue weighted by Crippen LogP contribution is 2.23. The highest BCUT2D eigenvalue weighted by Gasteiger charge is 2.22. The van der Waals surface area contributed by atoms with Gasteiger partial charge in [-0.05, 0) is 49.2 Å². The summed E-state index contributed by atoms with van der Waals surface area (Å²) in [5.74, 6) is -0.162. The van der Waals surface area contributed by atoms with Crippen molar-refractivity contribution in [2.24, 2.45) is 5.73 Å². The molecule has 5 heteroatoms. The van der Waals surface area contributed by atoms with E-state index in [4.69, 9.17) is 10.5 Å². The largest absolute Gasteiger partial charge is 0.488 e. The Morgan fingerprint density at radius 1 is 1.21 bits per heavy atom. The Bertz CT molecular complexity index is 703. The number of carbonyl (C=O) groups is 1. The summed E-state index contributed by atoms with van der Waals surface area (Å²) in [7, 11) is 0. The van der Waals surface area contributed by atoms with Gasteiger partial charge in [0.25, 0.3) is 5.91 Å². The van der Waals surface area contributed by atoms with Crippen LogP contribution in [0.3, 0.4) is 0 Å². The lowest BCUT2D eigenvalue weighted by Gasteiger charge is -2.33. The molecule has 1 aliphatic heterocycles. The Balaban J connectivity index is 1.63. The minimum Gasteiger partial charge on any atom is -0.488 e. The van der Waals surface area contributed by atoms with Crippen LogP contribution < -0.4 is 10.5 Å². The molecule has 2 aromatic carbocycles. The SMILES string of the molecule is NC(=O)c1ccccc1OC1CCCN(Cc2ccc(F)cc2)C1. The zero-order chi connectivity index (χ0) is 16.9. The first-order valence-electron chi connectivity index (χ1n) is 8.14. The second kappa shape index (κ2) is 7.45. The van der Waals surface area contributed by atoms with Crippen LogP contribution in [-0.4, -0.2) is 30.0 Å². The molecule has 2 aromatic rings. The van der Waals surface area contributed by atoms with E-state index in [1.165, 1.54) is 12.1 Å². The van der Waals surface area contributed by atoms with Crippen molar-refractivity contribution in [3.05, 3.63) is 65.5 Å². The lowest BCUT2D eigenvalue weighted by Crippen LogP contribution is -2.40. The first-order chi connectivity index (χ1) is 11.6. The minimum absolute atomic E-state index is 0.0136. The summed E-state index contributed by atoms with van der Waals surface area (Å²) in [5.41, 5.74) is 6.89. The molecular weight excluding hydrogens is 307 g/mol. The van der Waals surface area contributed by atoms with Gasteiger partial charge in [-0.3, -0.25) is 9.69 Å². The van der Waals surface area contributed by atoms with Gasteiger partial charge in [-0.15, -0.1) is 0 Å². The normalized spacial score (nSPS) is 18.3. The van der Waals surface area contributed by atoms with E-state index in [2.05, 4.69) is 4.90 Å². The average Bonchev–Trinajstić information content (AvgIpc) is 2.58. The summed E-state index contributed by atoms with van der Waals surface area (Å²) >= 11 is 0. The molecule has 1 aliphatic rings. The van der Waals surface area contributed by atoms with Crippen LogP contribution >= 0.6 is 0 Å². The molecule has 3 rings (SSSR count). The third kappa shape index (κ3) is 4.11. The molecule has 0 aliphatic carbocycles. The molecule has 1 unspecified atom stereocenters. The second-order valence-electron chi connectivity index (χ2n) is 6.10. The number of nitrogens with zero attached hydrogens (tertiary/aromatic N) is 1. The molecule has 0 spiro atoms. The van der Waals surface area contributed by atoms with Crippen molar-refractivity contribution < 1.29 is 13.9 Å². The van der Waals surface area contributed by atoms with E-state index in [9.17, 15) is 9.18 Å². The van der Waals surface area contributed by atoms with Crippen LogP contribution in [0.2, 0.25) is 0 Å². The summed E-state index contributed by atoms with van der Waals surface area (Å²) < 4.78 is 19.0. The van der Waals surface area contributed by atoms with Crippen molar-refractivity contribution in [2.45, 2.75) is 25.5 Å². The summed E-state index contributed by atoms with van der Waals surface area (Å²) in [5, 5.41) is 0. The average molecular weight is 328 g/mol. The zero-order valence-corrected chi connectivity index (χ0v) is 13.5. The van der Waals surface area contributed by atoms with E-state index in [0.29, 0.717) is 11.3 Å². The van der Waals surface area contributed by atoms with Gasteiger partial charge < -0.3 is 10.5 Å². The summed E-state index contributed by atoms with van der Waals surface area (Å²) in [6.45, 7) is 2.51. The van der Waals surface area contributed by atoms with Gasteiger partial charge in [0.15, 0.2) is 0 Å². The van der Waals surface area contributed by atoms with Gasteiger partial charge in [0, 0.05) is 13.1 Å². The fourth-order valence-electron chi connectivity index (χ4n) is 3.05. The number of carbonyl (C=O) groups excluding carboxylic acids is 1. The predicted octanol–water partition coefficient (Wildman–Crippen LogP) is 2.97. The first-order valence-corrected chi connectivity index (χ1v) is 8.14. The van der Waals surface area contributed by atoms with Gasteiger partial charge in [-0.1, -0.05) is 24.3 Å². The van der Waals surface area contributed by atoms with Crippen molar-refractivity contribution in [3.63, 3.8) is 0 Å². The fraction of sp³-hybridized carbons (Fsp3) is 0.316. The van der Waals surface area contributed by atoms with Crippen molar-refractivity contribution in [1.29, 1.82) is 0 Å². The minimum atomic E-state index is -0.482. The van der Waals surface area contributed by atoms with Crippen molar-refractivity contribution in [2.75, 3.05) is 13.1 Å². The third-order valence-electron chi connectivity index (χ3n) is 4.23. The highest BCUT2D eigenvalue weighted by atomic mass is 19.1. The molecule has 1 atom stereocenters. The molecule has 0 aromatic heterocycles. The number of halogens is 1. The van der Waals surface area contributed by atoms with Crippen LogP contribution in [0.1, 0.15) is 28.8 Å². The summed E-state index contributed by atoms with van der Waals surface area (Å²) in [4.78, 5) is 13.8. The van der Waals surface area contributed by atoms with E-state index in [1.54, 1.807) is 18.2 Å². The van der Waals surface area contributed by atoms with Gasteiger partial charge in [0.05, 0.1) is 5.56 Å². The van der Waals surface area contributed by atoms with Crippen LogP contribution in [0.15, 0.2) is 48.5 Å². The predicted molar refractivity (Wildman–Crippen MR) is 90.3 cm³/mol. The van der Waals surface area contributed by atoms with Crippen LogP contribution in [0, 0.1) is 5.82 Å². The van der Waals surface area contributed by atoms with Crippen LogP contribution in [-0.2, 0) is 6.54 Å². The van der Waals surface area contributed by atoms with Gasteiger partial charge >= 0.3 is 0 Å². The fourth-order valence-corrected chi connectivity index (χ4v) is 3.05. The van der Waals surface area contributed by atoms with E-state index in [1.807, 2.05) is 18.2 Å². The van der Waals surface area contributed by atoms with Gasteiger partial charge in [0.2, 0.25) is 0 Å². The van der Waals surface area contributed by atoms with Crippen molar-refractivity contribution in [1.82, 2.24) is 4.90 Å². The van der Waals surface area contributed by atoms with E-state index in [0.717, 1.165) is 38.0 Å². The number of nitrogens with two attached hydrogens (primary N) is 1. The van der Waals surface area contributed by atoms with Gasteiger partial charge in [-0.25, -0.2) is 4.39 Å². The van der Waals surface area contributed by atoms with Crippen LogP contribution in [0.25, 0.3) is 0 Å². The number of piperidine rings is 1. The number of hydrogen-bond donors (Lipinski definition) is 1. The monoisotopic (exact) mass is 328 g/mol. The molecule has 24 heavy (non-hydrogen) atoms. The lowest BCUT2D eigenvalue weighted by molar-refractivity contribution is 0.0819. The third-order valence-corrected chi connectivity index (χ3v) is 4.23. The van der Waals surface area contributed by atoms with E-state index < -0.39 is 5.91 Å². The molecule has 0 bridgehead atoms. The molecule has 1 fully saturated rings. The molecule has 0 radical (unpaired) electrons. The quantitative estimate of drug-likeness (QED) is 0.918. The number of primary amides is 1. The molecule has 0 saturated carbocycles. The number of ether oxygens (including phenoxy) is 1. The number of benzene rings is 2. The molecule has 4 nitrogen and oxygen atoms in total. The molecule has 2 N–H and O–H groups in total. The second-order valence-corrected chi connectivity index (χ2v) is 6.10. The number of likely N-dealkylation sites (tertiary alicyclic amines) is 1. The Morgan fingerprint density at radius 3 is 2.71 bits per heavy atom. The summed E-state index contributed by atoms with van der Waals surface area (Å²) in [6, 6.07) is 13.6. The smallest absolute Gasteiger partial charge is 0.252 e. The number of amides is 1. The van der Waals surface area contributed by atoms with Gasteiger partial charge in [-0.2, -0.15) is 0 Å². The topological polar surface area (TPSA) is 55.6 Å². The van der Waals surface area contributed by atoms with Crippen molar-refractivity contribution >= 4 is 5.91 Å². The van der Waals surface area contributed by atoms with E-state index in [-0.39, 0.29) is 11.9 Å². The first kappa shape index (κ1) is 16.5. The summed E-state index contributed by atoms with van der Waals surface area (Å²) in [6.07, 6.45) is 1.97. The molecule has 1 saturated heterocycles. The molecule has 1 heterocycles. The maximum Gasteiger partial charge on any atom is 0.252 e. The zero-order valence-electron chi connectivity index (χ0n) is 13.5. The number of hydrogen-bond acceptors (Lipinski definition) is 3. The van der Waals surface area contributed by atoms with Crippen LogP contribution in [0.5, 0.6) is 5.75 Å². The Morgan fingerprint density at radius 2 is 1.96 bits per heavy atom. The Hall–Kier alpha value is -2.40. The lowest BCUT2D eigenvalue weighted by atomic mass is 10.1. The maximum absolute atomic E-state index is 13.0. The maximum atomic E-state index is 13.0.